The monoisotopic (exact) mass is 249 g/mol. The second kappa shape index (κ2) is 8.15. The van der Waals surface area contributed by atoms with Crippen molar-refractivity contribution in [2.75, 3.05) is 13.1 Å². The van der Waals surface area contributed by atoms with E-state index in [2.05, 4.69) is 51.2 Å². The fourth-order valence-electron chi connectivity index (χ4n) is 1.91. The fourth-order valence-corrected chi connectivity index (χ4v) is 1.91. The van der Waals surface area contributed by atoms with Crippen molar-refractivity contribution in [2.45, 2.75) is 46.6 Å². The van der Waals surface area contributed by atoms with Gasteiger partial charge in [-0.15, -0.1) is 0 Å². The molecule has 1 N–H and O–H groups in total. The first-order valence-electron chi connectivity index (χ1n) is 7.14. The SMILES string of the molecule is CCCNCC(Oc1ccccc1CC)C(C)C. The second-order valence-corrected chi connectivity index (χ2v) is 5.07. The third-order valence-corrected chi connectivity index (χ3v) is 3.15. The molecule has 0 radical (unpaired) electrons. The summed E-state index contributed by atoms with van der Waals surface area (Å²) in [6.45, 7) is 10.8. The minimum absolute atomic E-state index is 0.240. The summed E-state index contributed by atoms with van der Waals surface area (Å²) >= 11 is 0. The van der Waals surface area contributed by atoms with Crippen molar-refractivity contribution in [1.29, 1.82) is 0 Å². The van der Waals surface area contributed by atoms with E-state index >= 15 is 0 Å². The van der Waals surface area contributed by atoms with Gasteiger partial charge in [-0.05, 0) is 36.9 Å². The highest BCUT2D eigenvalue weighted by Gasteiger charge is 2.15. The van der Waals surface area contributed by atoms with E-state index in [1.54, 1.807) is 0 Å². The van der Waals surface area contributed by atoms with Gasteiger partial charge >= 0.3 is 0 Å². The molecular weight excluding hydrogens is 222 g/mol. The summed E-state index contributed by atoms with van der Waals surface area (Å²) in [5, 5.41) is 3.45. The van der Waals surface area contributed by atoms with Gasteiger partial charge in [0, 0.05) is 6.54 Å². The van der Waals surface area contributed by atoms with E-state index < -0.39 is 0 Å². The summed E-state index contributed by atoms with van der Waals surface area (Å²) < 4.78 is 6.18. The molecule has 1 unspecified atom stereocenters. The number of nitrogens with one attached hydrogen (secondary N) is 1. The van der Waals surface area contributed by atoms with Crippen LogP contribution in [0.5, 0.6) is 5.75 Å². The minimum atomic E-state index is 0.240. The molecule has 0 fully saturated rings. The number of aryl methyl sites for hydroxylation is 1. The molecule has 1 aromatic rings. The first-order chi connectivity index (χ1) is 8.69. The molecule has 0 aliphatic rings. The van der Waals surface area contributed by atoms with E-state index in [1.165, 1.54) is 5.56 Å². The van der Waals surface area contributed by atoms with Crippen LogP contribution in [0.2, 0.25) is 0 Å². The number of rotatable bonds is 8. The minimum Gasteiger partial charge on any atom is -0.489 e. The lowest BCUT2D eigenvalue weighted by atomic mass is 10.1. The van der Waals surface area contributed by atoms with Crippen molar-refractivity contribution in [1.82, 2.24) is 5.32 Å². The number of ether oxygens (including phenoxy) is 1. The van der Waals surface area contributed by atoms with Crippen molar-refractivity contribution in [3.63, 3.8) is 0 Å². The quantitative estimate of drug-likeness (QED) is 0.710. The highest BCUT2D eigenvalue weighted by molar-refractivity contribution is 5.33. The zero-order valence-corrected chi connectivity index (χ0v) is 12.2. The van der Waals surface area contributed by atoms with Crippen LogP contribution in [-0.2, 0) is 6.42 Å². The van der Waals surface area contributed by atoms with Crippen LogP contribution < -0.4 is 10.1 Å². The average molecular weight is 249 g/mol. The fraction of sp³-hybridized carbons (Fsp3) is 0.625. The molecular formula is C16H27NO. The van der Waals surface area contributed by atoms with Crippen LogP contribution in [0.15, 0.2) is 24.3 Å². The van der Waals surface area contributed by atoms with Crippen molar-refractivity contribution in [3.05, 3.63) is 29.8 Å². The Hall–Kier alpha value is -1.02. The second-order valence-electron chi connectivity index (χ2n) is 5.07. The Morgan fingerprint density at radius 2 is 1.89 bits per heavy atom. The molecule has 0 saturated carbocycles. The molecule has 1 atom stereocenters. The number of hydrogen-bond donors (Lipinski definition) is 1. The lowest BCUT2D eigenvalue weighted by Gasteiger charge is -2.24. The largest absolute Gasteiger partial charge is 0.489 e. The zero-order valence-electron chi connectivity index (χ0n) is 12.2. The number of benzene rings is 1. The normalized spacial score (nSPS) is 12.7. The molecule has 0 saturated heterocycles. The van der Waals surface area contributed by atoms with Gasteiger partial charge in [-0.25, -0.2) is 0 Å². The van der Waals surface area contributed by atoms with Crippen LogP contribution in [0.3, 0.4) is 0 Å². The van der Waals surface area contributed by atoms with Gasteiger partial charge in [-0.1, -0.05) is 45.9 Å². The van der Waals surface area contributed by atoms with E-state index in [4.69, 9.17) is 4.74 Å². The summed E-state index contributed by atoms with van der Waals surface area (Å²) in [6, 6.07) is 8.34. The van der Waals surface area contributed by atoms with Crippen LogP contribution in [0.1, 0.15) is 39.7 Å². The standard InChI is InChI=1S/C16H27NO/c1-5-11-17-12-16(13(3)4)18-15-10-8-7-9-14(15)6-2/h7-10,13,16-17H,5-6,11-12H2,1-4H3. The summed E-state index contributed by atoms with van der Waals surface area (Å²) in [4.78, 5) is 0. The van der Waals surface area contributed by atoms with Crippen molar-refractivity contribution in [2.24, 2.45) is 5.92 Å². The third kappa shape index (κ3) is 4.69. The Morgan fingerprint density at radius 1 is 1.17 bits per heavy atom. The van der Waals surface area contributed by atoms with Crippen molar-refractivity contribution < 1.29 is 4.74 Å². The molecule has 18 heavy (non-hydrogen) atoms. The number of para-hydroxylation sites is 1. The topological polar surface area (TPSA) is 21.3 Å². The molecule has 0 amide bonds. The maximum atomic E-state index is 6.18. The Kier molecular flexibility index (Phi) is 6.81. The van der Waals surface area contributed by atoms with Crippen molar-refractivity contribution in [3.8, 4) is 5.75 Å². The predicted octanol–water partition coefficient (Wildman–Crippen LogP) is 3.65. The van der Waals surface area contributed by atoms with Crippen LogP contribution >= 0.6 is 0 Å². The van der Waals surface area contributed by atoms with Crippen LogP contribution in [-0.4, -0.2) is 19.2 Å². The highest BCUT2D eigenvalue weighted by atomic mass is 16.5. The zero-order chi connectivity index (χ0) is 13.4. The summed E-state index contributed by atoms with van der Waals surface area (Å²) in [6.07, 6.45) is 2.42. The molecule has 102 valence electrons. The van der Waals surface area contributed by atoms with Gasteiger partial charge in [0.2, 0.25) is 0 Å². The lowest BCUT2D eigenvalue weighted by molar-refractivity contribution is 0.148. The van der Waals surface area contributed by atoms with Gasteiger partial charge in [-0.2, -0.15) is 0 Å². The van der Waals surface area contributed by atoms with Crippen LogP contribution in [0.4, 0.5) is 0 Å². The van der Waals surface area contributed by atoms with E-state index in [-0.39, 0.29) is 6.10 Å². The first kappa shape index (κ1) is 15.0. The average Bonchev–Trinajstić information content (AvgIpc) is 2.38. The maximum absolute atomic E-state index is 6.18. The van der Waals surface area contributed by atoms with E-state index in [1.807, 2.05) is 6.07 Å². The Morgan fingerprint density at radius 3 is 2.50 bits per heavy atom. The van der Waals surface area contributed by atoms with E-state index in [9.17, 15) is 0 Å². The first-order valence-corrected chi connectivity index (χ1v) is 7.14. The summed E-state index contributed by atoms with van der Waals surface area (Å²) in [5.74, 6) is 1.55. The van der Waals surface area contributed by atoms with E-state index in [0.717, 1.165) is 31.7 Å². The molecule has 0 spiro atoms. The maximum Gasteiger partial charge on any atom is 0.122 e. The molecule has 2 nitrogen and oxygen atoms in total. The van der Waals surface area contributed by atoms with Gasteiger partial charge in [0.05, 0.1) is 0 Å². The smallest absolute Gasteiger partial charge is 0.122 e. The molecule has 0 aliphatic carbocycles. The van der Waals surface area contributed by atoms with Crippen LogP contribution in [0.25, 0.3) is 0 Å². The Balaban J connectivity index is 2.64. The molecule has 0 aliphatic heterocycles. The molecule has 1 rings (SSSR count). The Bertz CT molecular complexity index is 336. The lowest BCUT2D eigenvalue weighted by Crippen LogP contribution is -2.36. The van der Waals surface area contributed by atoms with E-state index in [0.29, 0.717) is 5.92 Å². The van der Waals surface area contributed by atoms with Gasteiger partial charge in [0.1, 0.15) is 11.9 Å². The third-order valence-electron chi connectivity index (χ3n) is 3.15. The molecule has 0 aromatic heterocycles. The van der Waals surface area contributed by atoms with Crippen LogP contribution in [0, 0.1) is 5.92 Å². The predicted molar refractivity (Wildman–Crippen MR) is 78.2 cm³/mol. The molecule has 2 heteroatoms. The summed E-state index contributed by atoms with van der Waals surface area (Å²) in [5.41, 5.74) is 1.29. The van der Waals surface area contributed by atoms with Gasteiger partial charge in [0.15, 0.2) is 0 Å². The molecule has 0 bridgehead atoms. The van der Waals surface area contributed by atoms with Gasteiger partial charge in [0.25, 0.3) is 0 Å². The molecule has 0 heterocycles. The van der Waals surface area contributed by atoms with Gasteiger partial charge in [-0.3, -0.25) is 0 Å². The Labute approximate surface area is 112 Å². The summed E-state index contributed by atoms with van der Waals surface area (Å²) in [7, 11) is 0. The highest BCUT2D eigenvalue weighted by Crippen LogP contribution is 2.21. The number of hydrogen-bond acceptors (Lipinski definition) is 2. The molecule has 1 aromatic carbocycles. The van der Waals surface area contributed by atoms with Crippen molar-refractivity contribution >= 4 is 0 Å². The van der Waals surface area contributed by atoms with Gasteiger partial charge < -0.3 is 10.1 Å².